The van der Waals surface area contributed by atoms with Gasteiger partial charge in [0.2, 0.25) is 0 Å². The molecule has 0 radical (unpaired) electrons. The maximum Gasteiger partial charge on any atom is 0.138 e. The van der Waals surface area contributed by atoms with E-state index in [9.17, 15) is 0 Å². The van der Waals surface area contributed by atoms with Crippen molar-refractivity contribution in [1.29, 1.82) is 0 Å². The molecule has 3 aromatic rings. The van der Waals surface area contributed by atoms with Crippen LogP contribution in [-0.2, 0) is 0 Å². The summed E-state index contributed by atoms with van der Waals surface area (Å²) in [4.78, 5) is 9.38. The molecule has 0 spiro atoms. The monoisotopic (exact) mass is 375 g/mol. The number of hydrogen-bond donors (Lipinski definition) is 3. The SMILES string of the molecule is Cc1cc(N)cc([C@@H](C)Nc2nc(C)nc3ccc(C4CCNCC4)cc23)c1. The molecule has 2 heterocycles. The third-order valence-corrected chi connectivity index (χ3v) is 5.62. The van der Waals surface area contributed by atoms with E-state index in [4.69, 9.17) is 10.7 Å². The Kier molecular flexibility index (Phi) is 5.18. The minimum absolute atomic E-state index is 0.0993. The van der Waals surface area contributed by atoms with Crippen molar-refractivity contribution in [1.82, 2.24) is 15.3 Å². The minimum atomic E-state index is 0.0993. The predicted octanol–water partition coefficient (Wildman–Crippen LogP) is 4.47. The van der Waals surface area contributed by atoms with Crippen molar-refractivity contribution in [3.8, 4) is 0 Å². The molecular weight excluding hydrogens is 346 g/mol. The average molecular weight is 376 g/mol. The lowest BCUT2D eigenvalue weighted by Gasteiger charge is -2.24. The molecule has 0 saturated carbocycles. The zero-order valence-electron chi connectivity index (χ0n) is 16.9. The molecule has 5 heteroatoms. The van der Waals surface area contributed by atoms with E-state index in [2.05, 4.69) is 53.7 Å². The lowest BCUT2D eigenvalue weighted by atomic mass is 9.89. The fraction of sp³-hybridized carbons (Fsp3) is 0.391. The zero-order chi connectivity index (χ0) is 19.7. The third kappa shape index (κ3) is 3.94. The topological polar surface area (TPSA) is 75.9 Å². The highest BCUT2D eigenvalue weighted by molar-refractivity contribution is 5.90. The number of rotatable bonds is 4. The fourth-order valence-electron chi connectivity index (χ4n) is 4.16. The number of nitrogens with two attached hydrogens (primary N) is 1. The van der Waals surface area contributed by atoms with Crippen molar-refractivity contribution in [3.05, 3.63) is 58.9 Å². The second kappa shape index (κ2) is 7.76. The molecular formula is C23H29N5. The van der Waals surface area contributed by atoms with E-state index in [0.29, 0.717) is 5.92 Å². The number of nitrogens with zero attached hydrogens (tertiary/aromatic N) is 2. The van der Waals surface area contributed by atoms with Crippen LogP contribution in [-0.4, -0.2) is 23.1 Å². The van der Waals surface area contributed by atoms with E-state index < -0.39 is 0 Å². The smallest absolute Gasteiger partial charge is 0.138 e. The Balaban J connectivity index is 1.70. The van der Waals surface area contributed by atoms with Crippen LogP contribution in [0.15, 0.2) is 36.4 Å². The second-order valence-corrected chi connectivity index (χ2v) is 7.96. The normalized spacial score (nSPS) is 16.2. The van der Waals surface area contributed by atoms with Crippen LogP contribution in [0, 0.1) is 13.8 Å². The van der Waals surface area contributed by atoms with Gasteiger partial charge in [-0.15, -0.1) is 0 Å². The summed E-state index contributed by atoms with van der Waals surface area (Å²) in [6.07, 6.45) is 2.36. The largest absolute Gasteiger partial charge is 0.399 e. The molecule has 1 aromatic heterocycles. The van der Waals surface area contributed by atoms with Crippen LogP contribution < -0.4 is 16.4 Å². The quantitative estimate of drug-likeness (QED) is 0.587. The van der Waals surface area contributed by atoms with Gasteiger partial charge in [-0.25, -0.2) is 9.97 Å². The lowest BCUT2D eigenvalue weighted by molar-refractivity contribution is 0.460. The Morgan fingerprint density at radius 2 is 1.86 bits per heavy atom. The van der Waals surface area contributed by atoms with Crippen molar-refractivity contribution in [2.24, 2.45) is 0 Å². The molecule has 1 aliphatic heterocycles. The molecule has 5 nitrogen and oxygen atoms in total. The molecule has 28 heavy (non-hydrogen) atoms. The van der Waals surface area contributed by atoms with Gasteiger partial charge in [0.1, 0.15) is 11.6 Å². The first kappa shape index (κ1) is 18.7. The maximum atomic E-state index is 6.05. The molecule has 0 bridgehead atoms. The van der Waals surface area contributed by atoms with Crippen LogP contribution in [0.4, 0.5) is 11.5 Å². The number of fused-ring (bicyclic) bond motifs is 1. The number of anilines is 2. The van der Waals surface area contributed by atoms with Crippen LogP contribution in [0.3, 0.4) is 0 Å². The van der Waals surface area contributed by atoms with Gasteiger partial charge in [-0.3, -0.25) is 0 Å². The first-order valence-corrected chi connectivity index (χ1v) is 10.1. The van der Waals surface area contributed by atoms with Gasteiger partial charge in [0, 0.05) is 11.1 Å². The van der Waals surface area contributed by atoms with Gasteiger partial charge in [-0.05, 0) is 93.6 Å². The molecule has 0 amide bonds. The van der Waals surface area contributed by atoms with E-state index in [1.807, 2.05) is 19.1 Å². The number of piperidine rings is 1. The van der Waals surface area contributed by atoms with Gasteiger partial charge in [0.15, 0.2) is 0 Å². The van der Waals surface area contributed by atoms with Crippen LogP contribution in [0.1, 0.15) is 54.2 Å². The van der Waals surface area contributed by atoms with Crippen molar-refractivity contribution in [2.75, 3.05) is 24.1 Å². The Morgan fingerprint density at radius 1 is 1.07 bits per heavy atom. The number of nitrogen functional groups attached to an aromatic ring is 1. The molecule has 2 aromatic carbocycles. The van der Waals surface area contributed by atoms with Crippen LogP contribution in [0.2, 0.25) is 0 Å². The predicted molar refractivity (Wildman–Crippen MR) is 117 cm³/mol. The first-order valence-electron chi connectivity index (χ1n) is 10.1. The summed E-state index contributed by atoms with van der Waals surface area (Å²) in [6.45, 7) is 8.34. The third-order valence-electron chi connectivity index (χ3n) is 5.62. The first-order chi connectivity index (χ1) is 13.5. The van der Waals surface area contributed by atoms with Gasteiger partial charge >= 0.3 is 0 Å². The number of nitrogens with one attached hydrogen (secondary N) is 2. The molecule has 1 atom stereocenters. The molecule has 146 valence electrons. The maximum absolute atomic E-state index is 6.05. The van der Waals surface area contributed by atoms with E-state index >= 15 is 0 Å². The van der Waals surface area contributed by atoms with Crippen LogP contribution in [0.5, 0.6) is 0 Å². The van der Waals surface area contributed by atoms with Gasteiger partial charge < -0.3 is 16.4 Å². The van der Waals surface area contributed by atoms with Gasteiger partial charge in [0.25, 0.3) is 0 Å². The van der Waals surface area contributed by atoms with Crippen molar-refractivity contribution in [2.45, 2.75) is 45.6 Å². The fourth-order valence-corrected chi connectivity index (χ4v) is 4.16. The standard InChI is InChI=1S/C23H29N5/c1-14-10-19(12-20(24)11-14)15(2)26-23-21-13-18(17-6-8-25-9-7-17)4-5-22(21)27-16(3)28-23/h4-5,10-13,15,17,25H,6-9,24H2,1-3H3,(H,26,27,28)/t15-/m1/s1. The van der Waals surface area contributed by atoms with Gasteiger partial charge in [-0.1, -0.05) is 12.1 Å². The van der Waals surface area contributed by atoms with Crippen molar-refractivity contribution >= 4 is 22.4 Å². The molecule has 0 aliphatic carbocycles. The Bertz CT molecular complexity index is 971. The number of hydrogen-bond acceptors (Lipinski definition) is 5. The van der Waals surface area contributed by atoms with E-state index in [1.165, 1.54) is 24.0 Å². The molecule has 1 fully saturated rings. The highest BCUT2D eigenvalue weighted by Crippen LogP contribution is 2.31. The van der Waals surface area contributed by atoms with Gasteiger partial charge in [-0.2, -0.15) is 0 Å². The van der Waals surface area contributed by atoms with Crippen molar-refractivity contribution < 1.29 is 0 Å². The average Bonchev–Trinajstić information content (AvgIpc) is 2.67. The summed E-state index contributed by atoms with van der Waals surface area (Å²) >= 11 is 0. The van der Waals surface area contributed by atoms with Gasteiger partial charge in [0.05, 0.1) is 11.6 Å². The second-order valence-electron chi connectivity index (χ2n) is 7.96. The number of aryl methyl sites for hydroxylation is 2. The van der Waals surface area contributed by atoms with E-state index in [-0.39, 0.29) is 6.04 Å². The number of aromatic nitrogens is 2. The molecule has 0 unspecified atom stereocenters. The van der Waals surface area contributed by atoms with Crippen LogP contribution >= 0.6 is 0 Å². The van der Waals surface area contributed by atoms with E-state index in [0.717, 1.165) is 46.9 Å². The zero-order valence-corrected chi connectivity index (χ0v) is 16.9. The van der Waals surface area contributed by atoms with E-state index in [1.54, 1.807) is 0 Å². The number of benzene rings is 2. The lowest BCUT2D eigenvalue weighted by Crippen LogP contribution is -2.26. The Morgan fingerprint density at radius 3 is 2.61 bits per heavy atom. The minimum Gasteiger partial charge on any atom is -0.399 e. The highest BCUT2D eigenvalue weighted by atomic mass is 15.0. The van der Waals surface area contributed by atoms with Crippen LogP contribution in [0.25, 0.3) is 10.9 Å². The molecule has 1 aliphatic rings. The molecule has 4 N–H and O–H groups in total. The molecule has 1 saturated heterocycles. The summed E-state index contributed by atoms with van der Waals surface area (Å²) in [5.74, 6) is 2.28. The van der Waals surface area contributed by atoms with Crippen molar-refractivity contribution in [3.63, 3.8) is 0 Å². The summed E-state index contributed by atoms with van der Waals surface area (Å²) < 4.78 is 0. The highest BCUT2D eigenvalue weighted by Gasteiger charge is 2.17. The summed E-state index contributed by atoms with van der Waals surface area (Å²) in [5, 5.41) is 8.15. The molecule has 4 rings (SSSR count). The Labute approximate surface area is 166 Å². The summed E-state index contributed by atoms with van der Waals surface area (Å²) in [5.41, 5.74) is 11.5. The Hall–Kier alpha value is -2.66. The summed E-state index contributed by atoms with van der Waals surface area (Å²) in [6, 6.07) is 12.9. The summed E-state index contributed by atoms with van der Waals surface area (Å²) in [7, 11) is 0.